The van der Waals surface area contributed by atoms with E-state index >= 15 is 0 Å². The summed E-state index contributed by atoms with van der Waals surface area (Å²) in [5.74, 6) is -1.22. The molecule has 0 fully saturated rings. The normalized spacial score (nSPS) is 10.8. The van der Waals surface area contributed by atoms with E-state index in [4.69, 9.17) is 15.2 Å². The second-order valence-corrected chi connectivity index (χ2v) is 6.57. The van der Waals surface area contributed by atoms with E-state index in [1.165, 1.54) is 19.2 Å². The summed E-state index contributed by atoms with van der Waals surface area (Å²) in [5.41, 5.74) is 8.61. The zero-order valence-corrected chi connectivity index (χ0v) is 16.5. The number of nitrogens with two attached hydrogens (primary N) is 1. The Morgan fingerprint density at radius 2 is 1.86 bits per heavy atom. The van der Waals surface area contributed by atoms with Crippen LogP contribution in [0.1, 0.15) is 54.7 Å². The molecule has 2 aromatic rings. The SMILES string of the molecule is CCOC(=O)CCc1c(N)nc(C(C)C)c(C(=O)OC)c1-c1ccc(F)cc1. The van der Waals surface area contributed by atoms with Crippen molar-refractivity contribution in [3.63, 3.8) is 0 Å². The summed E-state index contributed by atoms with van der Waals surface area (Å²) in [6.07, 6.45) is 0.308. The lowest BCUT2D eigenvalue weighted by molar-refractivity contribution is -0.143. The molecule has 0 aliphatic carbocycles. The van der Waals surface area contributed by atoms with Gasteiger partial charge in [-0.3, -0.25) is 4.79 Å². The summed E-state index contributed by atoms with van der Waals surface area (Å²) < 4.78 is 23.4. The molecule has 150 valence electrons. The van der Waals surface area contributed by atoms with Gasteiger partial charge in [0.2, 0.25) is 0 Å². The van der Waals surface area contributed by atoms with Gasteiger partial charge in [-0.2, -0.15) is 0 Å². The number of anilines is 1. The van der Waals surface area contributed by atoms with Gasteiger partial charge in [-0.15, -0.1) is 0 Å². The number of rotatable bonds is 7. The van der Waals surface area contributed by atoms with E-state index in [-0.39, 0.29) is 42.7 Å². The first-order valence-electron chi connectivity index (χ1n) is 9.12. The van der Waals surface area contributed by atoms with Crippen molar-refractivity contribution < 1.29 is 23.5 Å². The Morgan fingerprint density at radius 1 is 1.21 bits per heavy atom. The number of carbonyl (C=O) groups is 2. The molecular formula is C21H25FN2O4. The summed E-state index contributed by atoms with van der Waals surface area (Å²) in [4.78, 5) is 28.9. The Balaban J connectivity index is 2.73. The first kappa shape index (κ1) is 21.3. The number of hydrogen-bond acceptors (Lipinski definition) is 6. The van der Waals surface area contributed by atoms with Gasteiger partial charge in [-0.05, 0) is 37.0 Å². The average molecular weight is 388 g/mol. The fraction of sp³-hybridized carbons (Fsp3) is 0.381. The molecule has 1 heterocycles. The number of ether oxygens (including phenoxy) is 2. The second kappa shape index (κ2) is 9.30. The zero-order valence-electron chi connectivity index (χ0n) is 16.5. The summed E-state index contributed by atoms with van der Waals surface area (Å²) in [5, 5.41) is 0. The van der Waals surface area contributed by atoms with Crippen LogP contribution in [0.4, 0.5) is 10.2 Å². The van der Waals surface area contributed by atoms with Crippen molar-refractivity contribution in [3.05, 3.63) is 46.9 Å². The Bertz CT molecular complexity index is 864. The van der Waals surface area contributed by atoms with Gasteiger partial charge in [-0.25, -0.2) is 14.2 Å². The van der Waals surface area contributed by atoms with Crippen molar-refractivity contribution in [3.8, 4) is 11.1 Å². The number of esters is 2. The summed E-state index contributed by atoms with van der Waals surface area (Å²) >= 11 is 0. The van der Waals surface area contributed by atoms with Crippen LogP contribution in [-0.4, -0.2) is 30.6 Å². The molecule has 0 saturated carbocycles. The van der Waals surface area contributed by atoms with Crippen LogP contribution >= 0.6 is 0 Å². The number of nitrogen functional groups attached to an aromatic ring is 1. The van der Waals surface area contributed by atoms with Crippen LogP contribution < -0.4 is 5.73 Å². The van der Waals surface area contributed by atoms with Gasteiger partial charge >= 0.3 is 11.9 Å². The van der Waals surface area contributed by atoms with Crippen molar-refractivity contribution in [1.29, 1.82) is 0 Å². The molecule has 0 spiro atoms. The number of carbonyl (C=O) groups excluding carboxylic acids is 2. The minimum Gasteiger partial charge on any atom is -0.466 e. The minimum atomic E-state index is -0.562. The standard InChI is InChI=1S/C21H25FN2O4/c1-5-28-16(25)11-10-15-17(13-6-8-14(22)9-7-13)18(21(26)27-4)19(12(2)3)24-20(15)23/h6-9,12H,5,10-11H2,1-4H3,(H2,23,24). The molecule has 0 saturated heterocycles. The van der Waals surface area contributed by atoms with Crippen molar-refractivity contribution in [2.45, 2.75) is 39.5 Å². The smallest absolute Gasteiger partial charge is 0.340 e. The predicted molar refractivity (Wildman–Crippen MR) is 104 cm³/mol. The first-order chi connectivity index (χ1) is 13.3. The number of aromatic nitrogens is 1. The van der Waals surface area contributed by atoms with Crippen LogP contribution in [-0.2, 0) is 20.7 Å². The van der Waals surface area contributed by atoms with E-state index < -0.39 is 11.8 Å². The van der Waals surface area contributed by atoms with Gasteiger partial charge in [-0.1, -0.05) is 26.0 Å². The molecule has 28 heavy (non-hydrogen) atoms. The molecule has 0 aliphatic rings. The lowest BCUT2D eigenvalue weighted by Crippen LogP contribution is -2.16. The van der Waals surface area contributed by atoms with Gasteiger partial charge in [0, 0.05) is 17.5 Å². The fourth-order valence-electron chi connectivity index (χ4n) is 3.04. The van der Waals surface area contributed by atoms with E-state index in [0.717, 1.165) is 0 Å². The molecule has 1 aromatic carbocycles. The quantitative estimate of drug-likeness (QED) is 0.724. The van der Waals surface area contributed by atoms with Crippen LogP contribution in [0.2, 0.25) is 0 Å². The number of methoxy groups -OCH3 is 1. The Kier molecular flexibility index (Phi) is 7.09. The predicted octanol–water partition coefficient (Wildman–Crippen LogP) is 3.88. The minimum absolute atomic E-state index is 0.0789. The van der Waals surface area contributed by atoms with Crippen LogP contribution in [0.3, 0.4) is 0 Å². The lowest BCUT2D eigenvalue weighted by atomic mass is 9.89. The number of pyridine rings is 1. The van der Waals surface area contributed by atoms with Crippen molar-refractivity contribution in [1.82, 2.24) is 4.98 Å². The van der Waals surface area contributed by atoms with Crippen LogP contribution in [0.15, 0.2) is 24.3 Å². The summed E-state index contributed by atoms with van der Waals surface area (Å²) in [6.45, 7) is 5.78. The van der Waals surface area contributed by atoms with E-state index in [2.05, 4.69) is 4.98 Å². The maximum atomic E-state index is 13.5. The monoisotopic (exact) mass is 388 g/mol. The number of halogens is 1. The Hall–Kier alpha value is -2.96. The van der Waals surface area contributed by atoms with E-state index in [1.54, 1.807) is 19.1 Å². The highest BCUT2D eigenvalue weighted by atomic mass is 19.1. The van der Waals surface area contributed by atoms with Gasteiger partial charge in [0.15, 0.2) is 0 Å². The topological polar surface area (TPSA) is 91.5 Å². The van der Waals surface area contributed by atoms with E-state index in [0.29, 0.717) is 22.4 Å². The molecule has 2 rings (SSSR count). The maximum absolute atomic E-state index is 13.5. The average Bonchev–Trinajstić information content (AvgIpc) is 2.66. The summed E-state index contributed by atoms with van der Waals surface area (Å²) in [6, 6.07) is 5.73. The molecule has 0 unspecified atom stereocenters. The Labute approximate surface area is 163 Å². The summed E-state index contributed by atoms with van der Waals surface area (Å²) in [7, 11) is 1.29. The van der Waals surface area contributed by atoms with Crippen molar-refractivity contribution in [2.24, 2.45) is 0 Å². The van der Waals surface area contributed by atoms with Gasteiger partial charge in [0.05, 0.1) is 25.0 Å². The molecule has 7 heteroatoms. The van der Waals surface area contributed by atoms with E-state index in [9.17, 15) is 14.0 Å². The van der Waals surface area contributed by atoms with Crippen molar-refractivity contribution >= 4 is 17.8 Å². The molecule has 6 nitrogen and oxygen atoms in total. The highest BCUT2D eigenvalue weighted by molar-refractivity contribution is 6.00. The first-order valence-corrected chi connectivity index (χ1v) is 9.12. The molecule has 0 radical (unpaired) electrons. The van der Waals surface area contributed by atoms with Crippen molar-refractivity contribution in [2.75, 3.05) is 19.5 Å². The van der Waals surface area contributed by atoms with Crippen LogP contribution in [0.25, 0.3) is 11.1 Å². The molecule has 0 amide bonds. The van der Waals surface area contributed by atoms with Gasteiger partial charge < -0.3 is 15.2 Å². The molecule has 2 N–H and O–H groups in total. The number of benzene rings is 1. The van der Waals surface area contributed by atoms with Crippen LogP contribution in [0.5, 0.6) is 0 Å². The number of nitrogens with zero attached hydrogens (tertiary/aromatic N) is 1. The molecule has 0 aliphatic heterocycles. The molecule has 1 aromatic heterocycles. The third-order valence-corrected chi connectivity index (χ3v) is 4.31. The Morgan fingerprint density at radius 3 is 2.39 bits per heavy atom. The number of hydrogen-bond donors (Lipinski definition) is 1. The maximum Gasteiger partial charge on any atom is 0.340 e. The van der Waals surface area contributed by atoms with E-state index in [1.807, 2.05) is 13.8 Å². The van der Waals surface area contributed by atoms with Crippen LogP contribution in [0, 0.1) is 5.82 Å². The van der Waals surface area contributed by atoms with Gasteiger partial charge in [0.1, 0.15) is 11.6 Å². The molecular weight excluding hydrogens is 363 g/mol. The fourth-order valence-corrected chi connectivity index (χ4v) is 3.04. The third kappa shape index (κ3) is 4.65. The highest BCUT2D eigenvalue weighted by Crippen LogP contribution is 2.36. The second-order valence-electron chi connectivity index (χ2n) is 6.57. The molecule has 0 atom stereocenters. The molecule has 0 bridgehead atoms. The highest BCUT2D eigenvalue weighted by Gasteiger charge is 2.27. The third-order valence-electron chi connectivity index (χ3n) is 4.31. The zero-order chi connectivity index (χ0) is 20.8. The van der Waals surface area contributed by atoms with Gasteiger partial charge in [0.25, 0.3) is 0 Å². The largest absolute Gasteiger partial charge is 0.466 e. The lowest BCUT2D eigenvalue weighted by Gasteiger charge is -2.20.